The second kappa shape index (κ2) is 3.54. The Morgan fingerprint density at radius 1 is 1.13 bits per heavy atom. The third-order valence-electron chi connectivity index (χ3n) is 2.06. The summed E-state index contributed by atoms with van der Waals surface area (Å²) >= 11 is 0. The summed E-state index contributed by atoms with van der Waals surface area (Å²) in [7, 11) is 0. The molecule has 0 aliphatic carbocycles. The molecule has 0 aliphatic heterocycles. The summed E-state index contributed by atoms with van der Waals surface area (Å²) in [5.41, 5.74) is -0.169. The molecule has 2 rings (SSSR count). The van der Waals surface area contributed by atoms with E-state index in [1.807, 2.05) is 51.2 Å². The Kier molecular flexibility index (Phi) is 2.35. The first-order chi connectivity index (χ1) is 7.06. The predicted molar refractivity (Wildman–Crippen MR) is 62.1 cm³/mol. The highest BCUT2D eigenvalue weighted by Crippen LogP contribution is 2.27. The number of hydrogen-bond donors (Lipinski definition) is 0. The van der Waals surface area contributed by atoms with Crippen LogP contribution in [-0.4, -0.2) is 10.6 Å². The summed E-state index contributed by atoms with van der Waals surface area (Å²) in [6.45, 7) is 6.15. The molecule has 0 N–H and O–H groups in total. The van der Waals surface area contributed by atoms with Crippen molar-refractivity contribution in [3.63, 3.8) is 0 Å². The van der Waals surface area contributed by atoms with Crippen LogP contribution in [0, 0.1) is 0 Å². The van der Waals surface area contributed by atoms with Crippen LogP contribution in [0.1, 0.15) is 20.8 Å². The Bertz CT molecular complexity index is 466. The lowest BCUT2D eigenvalue weighted by atomic mass is 10.1. The van der Waals surface area contributed by atoms with Crippen LogP contribution in [0.25, 0.3) is 10.8 Å². The normalized spacial score (nSPS) is 11.7. The predicted octanol–water partition coefficient (Wildman–Crippen LogP) is 3.41. The molecule has 0 aliphatic rings. The van der Waals surface area contributed by atoms with Gasteiger partial charge in [-0.15, -0.1) is 0 Å². The lowest BCUT2D eigenvalue weighted by Gasteiger charge is -2.22. The van der Waals surface area contributed by atoms with Crippen molar-refractivity contribution in [2.75, 3.05) is 0 Å². The highest BCUT2D eigenvalue weighted by molar-refractivity contribution is 5.87. The number of benzene rings is 1. The van der Waals surface area contributed by atoms with E-state index in [4.69, 9.17) is 4.74 Å². The molecular formula is C13H15NO. The molecule has 0 saturated heterocycles. The molecule has 0 fully saturated rings. The summed E-state index contributed by atoms with van der Waals surface area (Å²) in [5, 5.41) is 2.22. The average molecular weight is 201 g/mol. The minimum atomic E-state index is -0.169. The standard InChI is InChI=1S/C13H15NO/c1-13(2,3)15-12-6-4-5-10-9-14-8-7-11(10)12/h4-9H,1-3H3. The zero-order valence-corrected chi connectivity index (χ0v) is 9.32. The first-order valence-corrected chi connectivity index (χ1v) is 5.08. The highest BCUT2D eigenvalue weighted by Gasteiger charge is 2.13. The average Bonchev–Trinajstić information content (AvgIpc) is 2.16. The maximum atomic E-state index is 5.89. The lowest BCUT2D eigenvalue weighted by Crippen LogP contribution is -2.23. The van der Waals surface area contributed by atoms with E-state index >= 15 is 0 Å². The van der Waals surface area contributed by atoms with Gasteiger partial charge in [0.1, 0.15) is 11.4 Å². The molecule has 15 heavy (non-hydrogen) atoms. The van der Waals surface area contributed by atoms with Gasteiger partial charge in [-0.3, -0.25) is 4.98 Å². The maximum Gasteiger partial charge on any atom is 0.128 e. The molecule has 1 aromatic heterocycles. The summed E-state index contributed by atoms with van der Waals surface area (Å²) in [6, 6.07) is 8.01. The summed E-state index contributed by atoms with van der Waals surface area (Å²) < 4.78 is 5.89. The Morgan fingerprint density at radius 2 is 1.93 bits per heavy atom. The second-order valence-electron chi connectivity index (χ2n) is 4.57. The minimum absolute atomic E-state index is 0.169. The van der Waals surface area contributed by atoms with Gasteiger partial charge in [0.05, 0.1) is 0 Å². The summed E-state index contributed by atoms with van der Waals surface area (Å²) in [6.07, 6.45) is 3.64. The van der Waals surface area contributed by atoms with Crippen LogP contribution in [0.15, 0.2) is 36.7 Å². The van der Waals surface area contributed by atoms with Crippen molar-refractivity contribution >= 4 is 10.8 Å². The van der Waals surface area contributed by atoms with E-state index in [1.54, 1.807) is 6.20 Å². The molecule has 0 atom stereocenters. The van der Waals surface area contributed by atoms with Crippen molar-refractivity contribution in [1.29, 1.82) is 0 Å². The fourth-order valence-electron chi connectivity index (χ4n) is 1.51. The molecule has 0 spiro atoms. The Balaban J connectivity index is 2.52. The minimum Gasteiger partial charge on any atom is -0.488 e. The molecular weight excluding hydrogens is 186 g/mol. The zero-order chi connectivity index (χ0) is 10.9. The number of hydrogen-bond acceptors (Lipinski definition) is 2. The van der Waals surface area contributed by atoms with Gasteiger partial charge in [0.15, 0.2) is 0 Å². The number of pyridine rings is 1. The third-order valence-corrected chi connectivity index (χ3v) is 2.06. The first-order valence-electron chi connectivity index (χ1n) is 5.08. The molecule has 0 radical (unpaired) electrons. The van der Waals surface area contributed by atoms with Crippen molar-refractivity contribution in [2.24, 2.45) is 0 Å². The van der Waals surface area contributed by atoms with Gasteiger partial charge in [0.2, 0.25) is 0 Å². The molecule has 0 unspecified atom stereocenters. The van der Waals surface area contributed by atoms with Crippen molar-refractivity contribution in [1.82, 2.24) is 4.98 Å². The molecule has 0 saturated carbocycles. The molecule has 0 amide bonds. The molecule has 1 heterocycles. The third kappa shape index (κ3) is 2.27. The van der Waals surface area contributed by atoms with Crippen LogP contribution in [0.3, 0.4) is 0 Å². The lowest BCUT2D eigenvalue weighted by molar-refractivity contribution is 0.133. The molecule has 2 nitrogen and oxygen atoms in total. The zero-order valence-electron chi connectivity index (χ0n) is 9.32. The van der Waals surface area contributed by atoms with Gasteiger partial charge in [-0.05, 0) is 32.9 Å². The van der Waals surface area contributed by atoms with Gasteiger partial charge in [-0.1, -0.05) is 12.1 Å². The van der Waals surface area contributed by atoms with Gasteiger partial charge < -0.3 is 4.74 Å². The summed E-state index contributed by atoms with van der Waals surface area (Å²) in [4.78, 5) is 4.09. The van der Waals surface area contributed by atoms with E-state index in [-0.39, 0.29) is 5.60 Å². The van der Waals surface area contributed by atoms with E-state index in [2.05, 4.69) is 4.98 Å². The SMILES string of the molecule is CC(C)(C)Oc1cccc2cnccc12. The monoisotopic (exact) mass is 201 g/mol. The van der Waals surface area contributed by atoms with E-state index in [9.17, 15) is 0 Å². The number of nitrogens with zero attached hydrogens (tertiary/aromatic N) is 1. The van der Waals surface area contributed by atoms with Crippen molar-refractivity contribution in [3.05, 3.63) is 36.7 Å². The van der Waals surface area contributed by atoms with Crippen molar-refractivity contribution in [2.45, 2.75) is 26.4 Å². The van der Waals surface area contributed by atoms with Gasteiger partial charge in [0, 0.05) is 23.2 Å². The quantitative estimate of drug-likeness (QED) is 0.705. The Labute approximate surface area is 89.9 Å². The number of rotatable bonds is 1. The number of ether oxygens (including phenoxy) is 1. The molecule has 2 aromatic rings. The molecule has 1 aromatic carbocycles. The van der Waals surface area contributed by atoms with E-state index in [0.717, 1.165) is 16.5 Å². The van der Waals surface area contributed by atoms with Crippen LogP contribution in [-0.2, 0) is 0 Å². The van der Waals surface area contributed by atoms with Gasteiger partial charge in [-0.2, -0.15) is 0 Å². The summed E-state index contributed by atoms with van der Waals surface area (Å²) in [5.74, 6) is 0.919. The van der Waals surface area contributed by atoms with Gasteiger partial charge in [-0.25, -0.2) is 0 Å². The Morgan fingerprint density at radius 3 is 2.67 bits per heavy atom. The topological polar surface area (TPSA) is 22.1 Å². The highest BCUT2D eigenvalue weighted by atomic mass is 16.5. The van der Waals surface area contributed by atoms with Crippen molar-refractivity contribution in [3.8, 4) is 5.75 Å². The molecule has 2 heteroatoms. The van der Waals surface area contributed by atoms with Crippen LogP contribution < -0.4 is 4.74 Å². The van der Waals surface area contributed by atoms with E-state index in [1.165, 1.54) is 0 Å². The van der Waals surface area contributed by atoms with E-state index in [0.29, 0.717) is 0 Å². The molecule has 0 bridgehead atoms. The number of aromatic nitrogens is 1. The first kappa shape index (κ1) is 9.97. The van der Waals surface area contributed by atoms with Gasteiger partial charge in [0.25, 0.3) is 0 Å². The maximum absolute atomic E-state index is 5.89. The van der Waals surface area contributed by atoms with Crippen LogP contribution in [0.5, 0.6) is 5.75 Å². The van der Waals surface area contributed by atoms with Gasteiger partial charge >= 0.3 is 0 Å². The fraction of sp³-hybridized carbons (Fsp3) is 0.308. The molecule has 78 valence electrons. The van der Waals surface area contributed by atoms with E-state index < -0.39 is 0 Å². The van der Waals surface area contributed by atoms with Crippen LogP contribution in [0.4, 0.5) is 0 Å². The fourth-order valence-corrected chi connectivity index (χ4v) is 1.51. The van der Waals surface area contributed by atoms with Crippen LogP contribution >= 0.6 is 0 Å². The number of fused-ring (bicyclic) bond motifs is 1. The smallest absolute Gasteiger partial charge is 0.128 e. The van der Waals surface area contributed by atoms with Crippen molar-refractivity contribution < 1.29 is 4.74 Å². The van der Waals surface area contributed by atoms with Crippen LogP contribution in [0.2, 0.25) is 0 Å². The Hall–Kier alpha value is -1.57. The largest absolute Gasteiger partial charge is 0.488 e. The second-order valence-corrected chi connectivity index (χ2v) is 4.57.